The number of hydrogen-bond acceptors (Lipinski definition) is 3. The summed E-state index contributed by atoms with van der Waals surface area (Å²) in [6, 6.07) is 5.38. The Bertz CT molecular complexity index is 581. The minimum atomic E-state index is -0.748. The van der Waals surface area contributed by atoms with Crippen LogP contribution >= 0.6 is 12.4 Å². The number of nitrogens with one attached hydrogen (secondary N) is 2. The van der Waals surface area contributed by atoms with Crippen LogP contribution in [0.4, 0.5) is 5.69 Å². The number of aryl methyl sites for hydroxylation is 1. The monoisotopic (exact) mass is 339 g/mol. The van der Waals surface area contributed by atoms with Crippen molar-refractivity contribution in [2.75, 3.05) is 5.32 Å². The maximum absolute atomic E-state index is 12.3. The average molecular weight is 340 g/mol. The van der Waals surface area contributed by atoms with Gasteiger partial charge in [-0.15, -0.1) is 12.4 Å². The number of halogens is 1. The molecule has 0 unspecified atom stereocenters. The SMILES string of the molecule is Cc1cc(NC(=O)C2(N)CCCC2)ccc1C(=O)NC(C)C.Cl. The van der Waals surface area contributed by atoms with Gasteiger partial charge in [0.15, 0.2) is 0 Å². The molecule has 1 aromatic carbocycles. The van der Waals surface area contributed by atoms with Crippen LogP contribution in [0.2, 0.25) is 0 Å². The first-order chi connectivity index (χ1) is 10.3. The minimum absolute atomic E-state index is 0. The summed E-state index contributed by atoms with van der Waals surface area (Å²) >= 11 is 0. The van der Waals surface area contributed by atoms with Crippen molar-refractivity contribution in [3.63, 3.8) is 0 Å². The number of carbonyl (C=O) groups is 2. The first kappa shape index (κ1) is 19.5. The van der Waals surface area contributed by atoms with Crippen LogP contribution in [-0.4, -0.2) is 23.4 Å². The Balaban J connectivity index is 0.00000264. The Morgan fingerprint density at radius 3 is 2.35 bits per heavy atom. The van der Waals surface area contributed by atoms with E-state index in [1.165, 1.54) is 0 Å². The van der Waals surface area contributed by atoms with E-state index in [2.05, 4.69) is 10.6 Å². The Morgan fingerprint density at radius 2 is 1.83 bits per heavy atom. The number of nitrogens with two attached hydrogens (primary N) is 1. The van der Waals surface area contributed by atoms with Crippen molar-refractivity contribution < 1.29 is 9.59 Å². The fourth-order valence-electron chi connectivity index (χ4n) is 2.82. The molecule has 1 aliphatic rings. The van der Waals surface area contributed by atoms with Gasteiger partial charge in [0.25, 0.3) is 5.91 Å². The first-order valence-electron chi connectivity index (χ1n) is 7.84. The highest BCUT2D eigenvalue weighted by molar-refractivity contribution is 6.00. The molecule has 0 atom stereocenters. The molecular formula is C17H26ClN3O2. The molecule has 128 valence electrons. The molecule has 0 spiro atoms. The quantitative estimate of drug-likeness (QED) is 0.788. The van der Waals surface area contributed by atoms with E-state index in [4.69, 9.17) is 5.73 Å². The molecule has 1 aliphatic carbocycles. The predicted molar refractivity (Wildman–Crippen MR) is 95.0 cm³/mol. The molecule has 1 aromatic rings. The second-order valence-corrected chi connectivity index (χ2v) is 6.48. The smallest absolute Gasteiger partial charge is 0.251 e. The number of carbonyl (C=O) groups excluding carboxylic acids is 2. The van der Waals surface area contributed by atoms with Crippen molar-refractivity contribution in [1.29, 1.82) is 0 Å². The van der Waals surface area contributed by atoms with E-state index >= 15 is 0 Å². The van der Waals surface area contributed by atoms with Crippen molar-refractivity contribution in [2.45, 2.75) is 58.0 Å². The van der Waals surface area contributed by atoms with Crippen LogP contribution in [-0.2, 0) is 4.79 Å². The third kappa shape index (κ3) is 4.69. The summed E-state index contributed by atoms with van der Waals surface area (Å²) in [6.07, 6.45) is 3.45. The highest BCUT2D eigenvalue weighted by Crippen LogP contribution is 2.28. The number of anilines is 1. The average Bonchev–Trinajstić information content (AvgIpc) is 2.86. The Morgan fingerprint density at radius 1 is 1.22 bits per heavy atom. The molecule has 0 bridgehead atoms. The molecule has 2 rings (SSSR count). The normalized spacial score (nSPS) is 15.9. The van der Waals surface area contributed by atoms with Gasteiger partial charge in [0, 0.05) is 17.3 Å². The Kier molecular flexibility index (Phi) is 6.59. The summed E-state index contributed by atoms with van der Waals surface area (Å²) in [7, 11) is 0. The maximum atomic E-state index is 12.3. The van der Waals surface area contributed by atoms with Gasteiger partial charge in [-0.2, -0.15) is 0 Å². The van der Waals surface area contributed by atoms with Gasteiger partial charge >= 0.3 is 0 Å². The van der Waals surface area contributed by atoms with E-state index in [1.54, 1.807) is 12.1 Å². The van der Waals surface area contributed by atoms with E-state index in [0.29, 0.717) is 11.3 Å². The zero-order chi connectivity index (χ0) is 16.3. The molecule has 0 aliphatic heterocycles. The number of hydrogen-bond donors (Lipinski definition) is 3. The van der Waals surface area contributed by atoms with Crippen LogP contribution in [0.1, 0.15) is 55.5 Å². The number of benzene rings is 1. The summed E-state index contributed by atoms with van der Waals surface area (Å²) < 4.78 is 0. The third-order valence-corrected chi connectivity index (χ3v) is 4.10. The zero-order valence-electron chi connectivity index (χ0n) is 13.9. The van der Waals surface area contributed by atoms with Gasteiger partial charge in [-0.1, -0.05) is 12.8 Å². The van der Waals surface area contributed by atoms with Crippen LogP contribution in [0.25, 0.3) is 0 Å². The van der Waals surface area contributed by atoms with E-state index in [0.717, 1.165) is 31.2 Å². The van der Waals surface area contributed by atoms with Crippen molar-refractivity contribution >= 4 is 29.9 Å². The Labute approximate surface area is 143 Å². The molecule has 23 heavy (non-hydrogen) atoms. The molecule has 4 N–H and O–H groups in total. The molecule has 0 heterocycles. The molecule has 1 saturated carbocycles. The van der Waals surface area contributed by atoms with Crippen molar-refractivity contribution in [1.82, 2.24) is 5.32 Å². The summed E-state index contributed by atoms with van der Waals surface area (Å²) in [5.41, 5.74) is 7.53. The van der Waals surface area contributed by atoms with Crippen molar-refractivity contribution in [3.05, 3.63) is 29.3 Å². The molecule has 0 saturated heterocycles. The summed E-state index contributed by atoms with van der Waals surface area (Å²) in [5, 5.41) is 5.74. The summed E-state index contributed by atoms with van der Waals surface area (Å²) in [6.45, 7) is 5.70. The van der Waals surface area contributed by atoms with Crippen LogP contribution in [0.3, 0.4) is 0 Å². The lowest BCUT2D eigenvalue weighted by atomic mass is 9.98. The molecule has 5 nitrogen and oxygen atoms in total. The second-order valence-electron chi connectivity index (χ2n) is 6.48. The van der Waals surface area contributed by atoms with Gasteiger partial charge in [-0.3, -0.25) is 9.59 Å². The number of amides is 2. The molecule has 6 heteroatoms. The summed E-state index contributed by atoms with van der Waals surface area (Å²) in [4.78, 5) is 24.3. The van der Waals surface area contributed by atoms with E-state index < -0.39 is 5.54 Å². The topological polar surface area (TPSA) is 84.2 Å². The lowest BCUT2D eigenvalue weighted by Crippen LogP contribution is -2.48. The second kappa shape index (κ2) is 7.79. The fraction of sp³-hybridized carbons (Fsp3) is 0.529. The van der Waals surface area contributed by atoms with Crippen molar-refractivity contribution in [3.8, 4) is 0 Å². The van der Waals surface area contributed by atoms with Crippen LogP contribution < -0.4 is 16.4 Å². The predicted octanol–water partition coefficient (Wildman–Crippen LogP) is 2.77. The van der Waals surface area contributed by atoms with E-state index in [-0.39, 0.29) is 30.3 Å². The standard InChI is InChI=1S/C17H25N3O2.ClH/c1-11(2)19-15(21)14-7-6-13(10-12(14)3)20-16(22)17(18)8-4-5-9-17;/h6-7,10-11H,4-5,8-9,18H2,1-3H3,(H,19,21)(H,20,22);1H. The van der Waals surface area contributed by atoms with Gasteiger partial charge in [0.2, 0.25) is 5.91 Å². The molecular weight excluding hydrogens is 314 g/mol. The molecule has 0 radical (unpaired) electrons. The van der Waals surface area contributed by atoms with Gasteiger partial charge in [0.1, 0.15) is 0 Å². The van der Waals surface area contributed by atoms with E-state index in [1.807, 2.05) is 26.8 Å². The molecule has 1 fully saturated rings. The lowest BCUT2D eigenvalue weighted by molar-refractivity contribution is -0.121. The highest BCUT2D eigenvalue weighted by Gasteiger charge is 2.36. The van der Waals surface area contributed by atoms with Crippen LogP contribution in [0.15, 0.2) is 18.2 Å². The minimum Gasteiger partial charge on any atom is -0.350 e. The first-order valence-corrected chi connectivity index (χ1v) is 7.84. The van der Waals surface area contributed by atoms with Crippen molar-refractivity contribution in [2.24, 2.45) is 5.73 Å². The zero-order valence-corrected chi connectivity index (χ0v) is 14.8. The third-order valence-electron chi connectivity index (χ3n) is 4.10. The van der Waals surface area contributed by atoms with Gasteiger partial charge in [0.05, 0.1) is 5.54 Å². The molecule has 2 amide bonds. The van der Waals surface area contributed by atoms with Crippen LogP contribution in [0.5, 0.6) is 0 Å². The molecule has 0 aromatic heterocycles. The Hall–Kier alpha value is -1.59. The lowest BCUT2D eigenvalue weighted by Gasteiger charge is -2.22. The largest absolute Gasteiger partial charge is 0.350 e. The van der Waals surface area contributed by atoms with Gasteiger partial charge < -0.3 is 16.4 Å². The summed E-state index contributed by atoms with van der Waals surface area (Å²) in [5.74, 6) is -0.236. The van der Waals surface area contributed by atoms with Crippen LogP contribution in [0, 0.1) is 6.92 Å². The highest BCUT2D eigenvalue weighted by atomic mass is 35.5. The van der Waals surface area contributed by atoms with Gasteiger partial charge in [-0.25, -0.2) is 0 Å². The van der Waals surface area contributed by atoms with Gasteiger partial charge in [-0.05, 0) is 57.4 Å². The maximum Gasteiger partial charge on any atom is 0.251 e. The number of rotatable bonds is 4. The van der Waals surface area contributed by atoms with E-state index in [9.17, 15) is 9.59 Å². The fourth-order valence-corrected chi connectivity index (χ4v) is 2.82.